The Balaban J connectivity index is 3.35. The molecule has 6 nitrogen and oxygen atoms in total. The fourth-order valence-electron chi connectivity index (χ4n) is 1.43. The molecule has 0 atom stereocenters. The van der Waals surface area contributed by atoms with Crippen molar-refractivity contribution in [3.05, 3.63) is 6.42 Å². The van der Waals surface area contributed by atoms with E-state index >= 15 is 0 Å². The molecule has 7 heteroatoms. The van der Waals surface area contributed by atoms with Crippen LogP contribution >= 0.6 is 11.8 Å². The second kappa shape index (κ2) is 13.8. The fourth-order valence-corrected chi connectivity index (χ4v) is 2.11. The highest BCUT2D eigenvalue weighted by molar-refractivity contribution is 8.00. The number of hydrogen-bond acceptors (Lipinski definition) is 5. The summed E-state index contributed by atoms with van der Waals surface area (Å²) < 4.78 is 5.44. The van der Waals surface area contributed by atoms with E-state index in [9.17, 15) is 9.59 Å². The van der Waals surface area contributed by atoms with E-state index in [4.69, 9.17) is 4.74 Å². The summed E-state index contributed by atoms with van der Waals surface area (Å²) in [7, 11) is 4.01. The molecule has 1 radical (unpaired) electrons. The van der Waals surface area contributed by atoms with Crippen LogP contribution in [0.15, 0.2) is 0 Å². The van der Waals surface area contributed by atoms with E-state index in [-0.39, 0.29) is 17.9 Å². The maximum Gasteiger partial charge on any atom is 0.229 e. The Morgan fingerprint density at radius 1 is 1.27 bits per heavy atom. The highest BCUT2D eigenvalue weighted by Crippen LogP contribution is 2.01. The lowest BCUT2D eigenvalue weighted by molar-refractivity contribution is -0.119. The second-order valence-electron chi connectivity index (χ2n) is 5.50. The molecule has 0 aromatic carbocycles. The van der Waals surface area contributed by atoms with E-state index in [1.54, 1.807) is 6.42 Å². The summed E-state index contributed by atoms with van der Waals surface area (Å²) in [5.41, 5.74) is 0. The topological polar surface area (TPSA) is 70.7 Å². The van der Waals surface area contributed by atoms with Crippen molar-refractivity contribution in [2.75, 3.05) is 51.9 Å². The van der Waals surface area contributed by atoms with E-state index in [1.807, 2.05) is 27.9 Å². The van der Waals surface area contributed by atoms with Gasteiger partial charge in [0.2, 0.25) is 11.8 Å². The molecule has 0 aliphatic carbocycles. The van der Waals surface area contributed by atoms with E-state index in [2.05, 4.69) is 15.5 Å². The average molecular weight is 332 g/mol. The van der Waals surface area contributed by atoms with Gasteiger partial charge in [-0.3, -0.25) is 9.59 Å². The lowest BCUT2D eigenvalue weighted by atomic mass is 10.3. The maximum absolute atomic E-state index is 11.5. The van der Waals surface area contributed by atoms with Gasteiger partial charge < -0.3 is 20.3 Å². The average Bonchev–Trinajstić information content (AvgIpc) is 2.41. The first-order chi connectivity index (χ1) is 10.4. The zero-order valence-electron chi connectivity index (χ0n) is 14.2. The summed E-state index contributed by atoms with van der Waals surface area (Å²) >= 11 is 1.43. The van der Waals surface area contributed by atoms with Crippen molar-refractivity contribution < 1.29 is 14.3 Å². The number of nitrogens with zero attached hydrogens (tertiary/aromatic N) is 1. The Labute approximate surface area is 138 Å². The number of likely N-dealkylation sites (N-methyl/N-ethyl adjacent to an activating group) is 1. The molecule has 0 fully saturated rings. The van der Waals surface area contributed by atoms with Crippen LogP contribution in [0.2, 0.25) is 0 Å². The normalized spacial score (nSPS) is 11.0. The molecule has 2 N–H and O–H groups in total. The largest absolute Gasteiger partial charge is 0.380 e. The van der Waals surface area contributed by atoms with E-state index in [0.717, 1.165) is 13.0 Å². The monoisotopic (exact) mass is 332 g/mol. The minimum absolute atomic E-state index is 0.00374. The third-order valence-corrected chi connectivity index (χ3v) is 3.39. The maximum atomic E-state index is 11.5. The van der Waals surface area contributed by atoms with Gasteiger partial charge in [-0.2, -0.15) is 11.8 Å². The van der Waals surface area contributed by atoms with Crippen LogP contribution in [0.1, 0.15) is 20.3 Å². The molecule has 0 saturated carbocycles. The molecule has 2 amide bonds. The quantitative estimate of drug-likeness (QED) is 0.482. The van der Waals surface area contributed by atoms with Crippen molar-refractivity contribution in [1.29, 1.82) is 0 Å². The zero-order valence-corrected chi connectivity index (χ0v) is 15.0. The summed E-state index contributed by atoms with van der Waals surface area (Å²) in [4.78, 5) is 25.0. The first kappa shape index (κ1) is 21.2. The van der Waals surface area contributed by atoms with E-state index in [1.165, 1.54) is 11.8 Å². The van der Waals surface area contributed by atoms with Gasteiger partial charge in [-0.15, -0.1) is 0 Å². The number of carbonyl (C=O) groups is 2. The van der Waals surface area contributed by atoms with Gasteiger partial charge >= 0.3 is 0 Å². The van der Waals surface area contributed by atoms with Gasteiger partial charge in [0.1, 0.15) is 0 Å². The summed E-state index contributed by atoms with van der Waals surface area (Å²) in [5.74, 6) is 0.820. The van der Waals surface area contributed by atoms with Crippen molar-refractivity contribution in [1.82, 2.24) is 15.5 Å². The molecular formula is C15H30N3O3S. The molecule has 0 unspecified atom stereocenters. The SMILES string of the molecule is CC(C)NC(=O)[CH]CSCC(=O)NCCCOCCN(C)C. The molecule has 0 heterocycles. The van der Waals surface area contributed by atoms with Crippen LogP contribution in [0.25, 0.3) is 0 Å². The molecule has 0 aliphatic heterocycles. The number of rotatable bonds is 13. The van der Waals surface area contributed by atoms with Crippen LogP contribution < -0.4 is 10.6 Å². The molecule has 0 aliphatic rings. The smallest absolute Gasteiger partial charge is 0.229 e. The van der Waals surface area contributed by atoms with E-state index < -0.39 is 0 Å². The van der Waals surface area contributed by atoms with Crippen molar-refractivity contribution >= 4 is 23.6 Å². The highest BCUT2D eigenvalue weighted by Gasteiger charge is 2.05. The third kappa shape index (κ3) is 15.6. The van der Waals surface area contributed by atoms with Crippen LogP contribution in [0.5, 0.6) is 0 Å². The van der Waals surface area contributed by atoms with Gasteiger partial charge in [-0.25, -0.2) is 0 Å². The van der Waals surface area contributed by atoms with Crippen LogP contribution in [0.4, 0.5) is 0 Å². The molecular weight excluding hydrogens is 302 g/mol. The first-order valence-corrected chi connectivity index (χ1v) is 8.78. The molecule has 0 aromatic heterocycles. The van der Waals surface area contributed by atoms with Crippen LogP contribution in [-0.4, -0.2) is 74.7 Å². The number of ether oxygens (including phenoxy) is 1. The Hall–Kier alpha value is -0.790. The summed E-state index contributed by atoms with van der Waals surface area (Å²) in [6.07, 6.45) is 2.38. The molecule has 0 bridgehead atoms. The number of hydrogen-bond donors (Lipinski definition) is 2. The summed E-state index contributed by atoms with van der Waals surface area (Å²) in [6, 6.07) is 0.136. The predicted molar refractivity (Wildman–Crippen MR) is 91.9 cm³/mol. The Morgan fingerprint density at radius 3 is 2.64 bits per heavy atom. The first-order valence-electron chi connectivity index (χ1n) is 7.62. The van der Waals surface area contributed by atoms with Gasteiger partial charge in [0.15, 0.2) is 0 Å². The van der Waals surface area contributed by atoms with Gasteiger partial charge in [-0.1, -0.05) is 0 Å². The molecule has 0 aromatic rings. The second-order valence-corrected chi connectivity index (χ2v) is 6.53. The summed E-state index contributed by atoms with van der Waals surface area (Å²) in [6.45, 7) is 6.73. The lowest BCUT2D eigenvalue weighted by Crippen LogP contribution is -2.31. The molecule has 22 heavy (non-hydrogen) atoms. The zero-order chi connectivity index (χ0) is 16.8. The van der Waals surface area contributed by atoms with Crippen molar-refractivity contribution in [2.24, 2.45) is 0 Å². The standard InChI is InChI=1S/C15H30N3O3S/c1-13(2)17-14(19)6-11-22-12-15(20)16-7-5-9-21-10-8-18(3)4/h6,13H,5,7-12H2,1-4H3,(H,16,20)(H,17,19). The molecule has 0 saturated heterocycles. The Bertz CT molecular complexity index is 312. The van der Waals surface area contributed by atoms with Gasteiger partial charge in [-0.05, 0) is 34.4 Å². The van der Waals surface area contributed by atoms with Crippen molar-refractivity contribution in [3.63, 3.8) is 0 Å². The number of amides is 2. The van der Waals surface area contributed by atoms with Gasteiger partial charge in [0.05, 0.1) is 18.8 Å². The van der Waals surface area contributed by atoms with Gasteiger partial charge in [0.25, 0.3) is 0 Å². The summed E-state index contributed by atoms with van der Waals surface area (Å²) in [5, 5.41) is 5.61. The minimum Gasteiger partial charge on any atom is -0.380 e. The van der Waals surface area contributed by atoms with Gasteiger partial charge in [0, 0.05) is 31.5 Å². The van der Waals surface area contributed by atoms with Crippen molar-refractivity contribution in [3.8, 4) is 0 Å². The highest BCUT2D eigenvalue weighted by atomic mass is 32.2. The molecule has 0 rings (SSSR count). The Kier molecular flexibility index (Phi) is 13.3. The molecule has 0 spiro atoms. The van der Waals surface area contributed by atoms with Crippen LogP contribution in [0, 0.1) is 6.42 Å². The molecule has 129 valence electrons. The van der Waals surface area contributed by atoms with Crippen molar-refractivity contribution in [2.45, 2.75) is 26.3 Å². The number of nitrogens with one attached hydrogen (secondary N) is 2. The lowest BCUT2D eigenvalue weighted by Gasteiger charge is -2.10. The van der Waals surface area contributed by atoms with Crippen LogP contribution in [-0.2, 0) is 14.3 Å². The van der Waals surface area contributed by atoms with E-state index in [0.29, 0.717) is 31.3 Å². The number of carbonyl (C=O) groups excluding carboxylic acids is 2. The number of thioether (sulfide) groups is 1. The minimum atomic E-state index is -0.0854. The fraction of sp³-hybridized carbons (Fsp3) is 0.800. The Morgan fingerprint density at radius 2 is 2.00 bits per heavy atom. The predicted octanol–water partition coefficient (Wildman–Crippen LogP) is 0.533. The van der Waals surface area contributed by atoms with Crippen LogP contribution in [0.3, 0.4) is 0 Å². The third-order valence-electron chi connectivity index (χ3n) is 2.52.